The van der Waals surface area contributed by atoms with Crippen LogP contribution in [0.5, 0.6) is 5.75 Å². The van der Waals surface area contributed by atoms with Crippen molar-refractivity contribution in [1.82, 2.24) is 30.5 Å². The zero-order valence-corrected chi connectivity index (χ0v) is 18.4. The average molecular weight is 419 g/mol. The predicted octanol–water partition coefficient (Wildman–Crippen LogP) is 4.37. The van der Waals surface area contributed by atoms with Crippen molar-refractivity contribution in [2.45, 2.75) is 51.6 Å². The topological polar surface area (TPSA) is 91.7 Å². The second kappa shape index (κ2) is 8.51. The maximum absolute atomic E-state index is 10.7. The number of benzene rings is 1. The highest BCUT2D eigenvalue weighted by Gasteiger charge is 2.30. The van der Waals surface area contributed by atoms with E-state index in [9.17, 15) is 5.11 Å². The molecule has 0 spiro atoms. The van der Waals surface area contributed by atoms with Crippen LogP contribution < -0.4 is 5.32 Å². The molecular weight excluding hydrogens is 388 g/mol. The van der Waals surface area contributed by atoms with E-state index in [0.29, 0.717) is 11.6 Å². The van der Waals surface area contributed by atoms with Crippen molar-refractivity contribution in [2.24, 2.45) is 0 Å². The lowest BCUT2D eigenvalue weighted by Gasteiger charge is -2.36. The first kappa shape index (κ1) is 21.1. The van der Waals surface area contributed by atoms with E-state index in [1.165, 1.54) is 0 Å². The Kier molecular flexibility index (Phi) is 5.78. The number of aromatic hydroxyl groups is 1. The van der Waals surface area contributed by atoms with E-state index in [2.05, 4.69) is 57.9 Å². The maximum Gasteiger partial charge on any atom is 0.124 e. The molecule has 31 heavy (non-hydrogen) atoms. The van der Waals surface area contributed by atoms with Crippen LogP contribution in [0, 0.1) is 0 Å². The van der Waals surface area contributed by atoms with Gasteiger partial charge in [-0.15, -0.1) is 5.10 Å². The largest absolute Gasteiger partial charge is 0.507 e. The van der Waals surface area contributed by atoms with Gasteiger partial charge in [0.15, 0.2) is 0 Å². The fourth-order valence-electron chi connectivity index (χ4n) is 4.38. The number of nitrogens with one attached hydrogen (secondary N) is 2. The minimum atomic E-state index is 0.0880. The molecule has 1 atom stereocenters. The zero-order valence-electron chi connectivity index (χ0n) is 18.4. The number of allylic oxidation sites excluding steroid dienone is 2. The molecule has 3 heterocycles. The molecule has 1 aliphatic rings. The molecule has 3 N–H and O–H groups in total. The second-order valence-corrected chi connectivity index (χ2v) is 8.70. The van der Waals surface area contributed by atoms with E-state index >= 15 is 0 Å². The Bertz CT molecular complexity index is 1090. The van der Waals surface area contributed by atoms with Crippen molar-refractivity contribution in [3.63, 3.8) is 0 Å². The number of aromatic amines is 1. The molecule has 2 aromatic heterocycles. The summed E-state index contributed by atoms with van der Waals surface area (Å²) in [4.78, 5) is 0. The van der Waals surface area contributed by atoms with Gasteiger partial charge in [0.25, 0.3) is 0 Å². The first-order valence-electron chi connectivity index (χ1n) is 10.8. The number of piperidine rings is 1. The molecule has 3 aromatic rings. The lowest BCUT2D eigenvalue weighted by atomic mass is 9.89. The summed E-state index contributed by atoms with van der Waals surface area (Å²) in [6, 6.07) is 5.94. The standard InChI is InChI=1S/C24H30N6O/c1-5-16(20-8-7-17(12-23(20)31)18-14-26-27-15-18)11-21-22(6-2)30(29-28-21)19-9-10-25-24(3,4)13-19/h5,7-8,11-12,14-15,19,25,31H,1,6,9-10,13H2,2-4H3,(H,26,27)/b16-11+. The lowest BCUT2D eigenvalue weighted by molar-refractivity contribution is 0.216. The van der Waals surface area contributed by atoms with Gasteiger partial charge in [-0.25, -0.2) is 4.68 Å². The first-order valence-corrected chi connectivity index (χ1v) is 10.8. The number of phenolic OH excluding ortho intramolecular Hbond substituents is 1. The molecule has 1 saturated heterocycles. The number of hydrogen-bond acceptors (Lipinski definition) is 5. The average Bonchev–Trinajstić information content (AvgIpc) is 3.41. The van der Waals surface area contributed by atoms with Gasteiger partial charge in [-0.05, 0) is 62.9 Å². The highest BCUT2D eigenvalue weighted by atomic mass is 16.3. The zero-order chi connectivity index (χ0) is 22.0. The lowest BCUT2D eigenvalue weighted by Crippen LogP contribution is -2.47. The van der Waals surface area contributed by atoms with Crippen molar-refractivity contribution in [2.75, 3.05) is 6.54 Å². The molecule has 0 aliphatic carbocycles. The molecule has 0 radical (unpaired) electrons. The van der Waals surface area contributed by atoms with Crippen molar-refractivity contribution >= 4 is 11.6 Å². The van der Waals surface area contributed by atoms with Gasteiger partial charge in [0.1, 0.15) is 11.4 Å². The summed E-state index contributed by atoms with van der Waals surface area (Å²) in [6.45, 7) is 11.5. The summed E-state index contributed by atoms with van der Waals surface area (Å²) in [5, 5.41) is 30.0. The summed E-state index contributed by atoms with van der Waals surface area (Å²) in [5.41, 5.74) is 5.36. The normalized spacial score (nSPS) is 18.8. The smallest absolute Gasteiger partial charge is 0.124 e. The van der Waals surface area contributed by atoms with Crippen molar-refractivity contribution in [3.05, 3.63) is 60.2 Å². The van der Waals surface area contributed by atoms with E-state index in [4.69, 9.17) is 0 Å². The van der Waals surface area contributed by atoms with E-state index < -0.39 is 0 Å². The predicted molar refractivity (Wildman–Crippen MR) is 124 cm³/mol. The quantitative estimate of drug-likeness (QED) is 0.517. The van der Waals surface area contributed by atoms with E-state index in [1.807, 2.05) is 18.2 Å². The summed E-state index contributed by atoms with van der Waals surface area (Å²) < 4.78 is 2.09. The minimum Gasteiger partial charge on any atom is -0.507 e. The molecule has 0 amide bonds. The number of rotatable bonds is 6. The third kappa shape index (κ3) is 4.32. The van der Waals surface area contributed by atoms with Gasteiger partial charge in [-0.2, -0.15) is 5.10 Å². The fraction of sp³-hybridized carbons (Fsp3) is 0.375. The highest BCUT2D eigenvalue weighted by molar-refractivity contribution is 5.89. The van der Waals surface area contributed by atoms with Crippen LogP contribution in [0.1, 0.15) is 56.6 Å². The van der Waals surface area contributed by atoms with Crippen LogP contribution in [-0.4, -0.2) is 42.4 Å². The minimum absolute atomic E-state index is 0.0880. The number of aromatic nitrogens is 5. The Morgan fingerprint density at radius 2 is 2.19 bits per heavy atom. The molecule has 1 aliphatic heterocycles. The van der Waals surface area contributed by atoms with Gasteiger partial charge in [-0.3, -0.25) is 5.10 Å². The van der Waals surface area contributed by atoms with E-state index in [0.717, 1.165) is 53.9 Å². The van der Waals surface area contributed by atoms with Gasteiger partial charge < -0.3 is 10.4 Å². The van der Waals surface area contributed by atoms with Crippen LogP contribution in [0.2, 0.25) is 0 Å². The Balaban J connectivity index is 1.67. The SMILES string of the molecule is C=C/C(=C\c1nnn(C2CCNC(C)(C)C2)c1CC)c1ccc(-c2cn[nH]c2)cc1O. The van der Waals surface area contributed by atoms with Gasteiger partial charge in [0.05, 0.1) is 17.9 Å². The van der Waals surface area contributed by atoms with Crippen LogP contribution in [0.15, 0.2) is 43.2 Å². The molecule has 0 saturated carbocycles. The molecule has 1 unspecified atom stereocenters. The van der Waals surface area contributed by atoms with Gasteiger partial charge in [0, 0.05) is 22.9 Å². The molecule has 7 nitrogen and oxygen atoms in total. The van der Waals surface area contributed by atoms with Crippen molar-refractivity contribution in [3.8, 4) is 16.9 Å². The number of phenols is 1. The van der Waals surface area contributed by atoms with Crippen LogP contribution in [-0.2, 0) is 6.42 Å². The molecule has 4 rings (SSSR count). The van der Waals surface area contributed by atoms with Crippen LogP contribution in [0.3, 0.4) is 0 Å². The fourth-order valence-corrected chi connectivity index (χ4v) is 4.38. The summed E-state index contributed by atoms with van der Waals surface area (Å²) in [7, 11) is 0. The molecule has 0 bridgehead atoms. The third-order valence-electron chi connectivity index (χ3n) is 5.98. The van der Waals surface area contributed by atoms with Crippen LogP contribution in [0.4, 0.5) is 0 Å². The second-order valence-electron chi connectivity index (χ2n) is 8.70. The molecule has 1 aromatic carbocycles. The van der Waals surface area contributed by atoms with Gasteiger partial charge >= 0.3 is 0 Å². The van der Waals surface area contributed by atoms with Crippen LogP contribution >= 0.6 is 0 Å². The molecule has 7 heteroatoms. The van der Waals surface area contributed by atoms with Crippen LogP contribution in [0.25, 0.3) is 22.8 Å². The molecular formula is C24H30N6O. The van der Waals surface area contributed by atoms with Crippen molar-refractivity contribution < 1.29 is 5.11 Å². The third-order valence-corrected chi connectivity index (χ3v) is 5.98. The van der Waals surface area contributed by atoms with E-state index in [1.54, 1.807) is 24.5 Å². The Hall–Kier alpha value is -3.19. The highest BCUT2D eigenvalue weighted by Crippen LogP contribution is 2.33. The summed E-state index contributed by atoms with van der Waals surface area (Å²) in [6.07, 6.45) is 10.1. The number of hydrogen-bond donors (Lipinski definition) is 3. The van der Waals surface area contributed by atoms with Crippen molar-refractivity contribution in [1.29, 1.82) is 0 Å². The maximum atomic E-state index is 10.7. The Labute approximate surface area is 182 Å². The Morgan fingerprint density at radius 1 is 1.35 bits per heavy atom. The van der Waals surface area contributed by atoms with Gasteiger partial charge in [0.2, 0.25) is 0 Å². The first-order chi connectivity index (χ1) is 14.9. The van der Waals surface area contributed by atoms with E-state index in [-0.39, 0.29) is 11.3 Å². The summed E-state index contributed by atoms with van der Waals surface area (Å²) in [5.74, 6) is 0.190. The monoisotopic (exact) mass is 418 g/mol. The number of nitrogens with zero attached hydrogens (tertiary/aromatic N) is 4. The Morgan fingerprint density at radius 3 is 2.84 bits per heavy atom. The molecule has 162 valence electrons. The van der Waals surface area contributed by atoms with Gasteiger partial charge in [-0.1, -0.05) is 36.9 Å². The number of H-pyrrole nitrogens is 1. The summed E-state index contributed by atoms with van der Waals surface area (Å²) >= 11 is 0. The molecule has 1 fully saturated rings.